The molecule has 0 radical (unpaired) electrons. The molecule has 0 aliphatic carbocycles. The minimum atomic E-state index is -0.960. The molecule has 3 N–H and O–H groups in total. The van der Waals surface area contributed by atoms with E-state index in [2.05, 4.69) is 10.2 Å². The van der Waals surface area contributed by atoms with Crippen LogP contribution in [0.5, 0.6) is 0 Å². The molecule has 0 saturated carbocycles. The Labute approximate surface area is 195 Å². The Hall–Kier alpha value is -4.01. The average Bonchev–Trinajstić information content (AvgIpc) is 3.09. The highest BCUT2D eigenvalue weighted by atomic mass is 16.2. The SMILES string of the molecule is NC(=O)c1ccc(N2CCC(c3ccc4c(c3)C(=O)N(C3CCC(=O)NC3=O)C4=O)CC2)cc1. The van der Waals surface area contributed by atoms with Crippen molar-refractivity contribution in [3.05, 3.63) is 64.7 Å². The number of nitrogens with one attached hydrogen (secondary N) is 1. The van der Waals surface area contributed by atoms with E-state index in [1.807, 2.05) is 18.2 Å². The molecule has 2 aromatic carbocycles. The van der Waals surface area contributed by atoms with Crippen LogP contribution >= 0.6 is 0 Å². The molecule has 9 nitrogen and oxygen atoms in total. The van der Waals surface area contributed by atoms with Gasteiger partial charge in [-0.15, -0.1) is 0 Å². The number of piperidine rings is 2. The summed E-state index contributed by atoms with van der Waals surface area (Å²) in [4.78, 5) is 64.2. The van der Waals surface area contributed by atoms with Crippen LogP contribution in [0.3, 0.4) is 0 Å². The van der Waals surface area contributed by atoms with Gasteiger partial charge in [0, 0.05) is 30.8 Å². The lowest BCUT2D eigenvalue weighted by atomic mass is 9.87. The maximum atomic E-state index is 13.1. The summed E-state index contributed by atoms with van der Waals surface area (Å²) in [5.74, 6) is -2.19. The molecule has 0 spiro atoms. The fraction of sp³-hybridized carbons (Fsp3) is 0.320. The molecule has 3 heterocycles. The number of fused-ring (bicyclic) bond motifs is 1. The maximum absolute atomic E-state index is 13.1. The van der Waals surface area contributed by atoms with E-state index < -0.39 is 35.6 Å². The van der Waals surface area contributed by atoms with Gasteiger partial charge in [-0.25, -0.2) is 0 Å². The van der Waals surface area contributed by atoms with E-state index in [1.54, 1.807) is 24.3 Å². The van der Waals surface area contributed by atoms with Crippen molar-refractivity contribution >= 4 is 35.2 Å². The predicted molar refractivity (Wildman–Crippen MR) is 122 cm³/mol. The van der Waals surface area contributed by atoms with E-state index in [-0.39, 0.29) is 18.8 Å². The van der Waals surface area contributed by atoms with Gasteiger partial charge in [0.15, 0.2) is 0 Å². The summed E-state index contributed by atoms with van der Waals surface area (Å²) in [6.07, 6.45) is 1.98. The number of amides is 5. The zero-order valence-corrected chi connectivity index (χ0v) is 18.5. The van der Waals surface area contributed by atoms with E-state index in [0.717, 1.165) is 42.1 Å². The Kier molecular flexibility index (Phi) is 5.39. The highest BCUT2D eigenvalue weighted by Gasteiger charge is 2.44. The number of primary amides is 1. The first-order valence-electron chi connectivity index (χ1n) is 11.3. The predicted octanol–water partition coefficient (Wildman–Crippen LogP) is 1.57. The summed E-state index contributed by atoms with van der Waals surface area (Å²) in [6, 6.07) is 11.6. The van der Waals surface area contributed by atoms with Gasteiger partial charge in [0.25, 0.3) is 11.8 Å². The van der Waals surface area contributed by atoms with E-state index in [4.69, 9.17) is 5.73 Å². The third-order valence-electron chi connectivity index (χ3n) is 6.95. The summed E-state index contributed by atoms with van der Waals surface area (Å²) < 4.78 is 0. The molecule has 5 amide bonds. The summed E-state index contributed by atoms with van der Waals surface area (Å²) in [5, 5.41) is 2.21. The van der Waals surface area contributed by atoms with Gasteiger partial charge < -0.3 is 10.6 Å². The molecule has 1 unspecified atom stereocenters. The minimum absolute atomic E-state index is 0.0961. The van der Waals surface area contributed by atoms with Crippen LogP contribution in [0.25, 0.3) is 0 Å². The Morgan fingerprint density at radius 3 is 2.21 bits per heavy atom. The van der Waals surface area contributed by atoms with Gasteiger partial charge in [-0.2, -0.15) is 0 Å². The number of hydrogen-bond acceptors (Lipinski definition) is 6. The molecule has 9 heteroatoms. The smallest absolute Gasteiger partial charge is 0.262 e. The van der Waals surface area contributed by atoms with Crippen molar-refractivity contribution in [1.29, 1.82) is 0 Å². The van der Waals surface area contributed by atoms with E-state index >= 15 is 0 Å². The number of anilines is 1. The molecule has 0 bridgehead atoms. The molecule has 2 saturated heterocycles. The number of benzene rings is 2. The second-order valence-electron chi connectivity index (χ2n) is 8.92. The van der Waals surface area contributed by atoms with Crippen LogP contribution in [0.2, 0.25) is 0 Å². The Balaban J connectivity index is 1.29. The first-order chi connectivity index (χ1) is 16.3. The number of hydrogen-bond donors (Lipinski definition) is 2. The van der Waals surface area contributed by atoms with Crippen LogP contribution in [-0.2, 0) is 9.59 Å². The van der Waals surface area contributed by atoms with Gasteiger partial charge in [0.1, 0.15) is 6.04 Å². The third kappa shape index (κ3) is 3.72. The topological polar surface area (TPSA) is 130 Å². The molecular weight excluding hydrogens is 436 g/mol. The standard InChI is InChI=1S/C25H24N4O5/c26-22(31)15-1-4-17(5-2-15)28-11-9-14(10-12-28)16-3-6-18-19(13-16)25(34)29(24(18)33)20-7-8-21(30)27-23(20)32/h1-6,13-14,20H,7-12H2,(H2,26,31)(H,27,30,32). The number of nitrogens with two attached hydrogens (primary N) is 1. The molecule has 1 atom stereocenters. The molecule has 3 aliphatic heterocycles. The monoisotopic (exact) mass is 460 g/mol. The molecule has 5 rings (SSSR count). The zero-order chi connectivity index (χ0) is 24.0. The summed E-state index contributed by atoms with van der Waals surface area (Å²) >= 11 is 0. The van der Waals surface area contributed by atoms with Gasteiger partial charge in [-0.3, -0.25) is 34.2 Å². The fourth-order valence-corrected chi connectivity index (χ4v) is 5.05. The minimum Gasteiger partial charge on any atom is -0.371 e. The van der Waals surface area contributed by atoms with Crippen LogP contribution in [0.15, 0.2) is 42.5 Å². The molecular formula is C25H24N4O5. The lowest BCUT2D eigenvalue weighted by molar-refractivity contribution is -0.136. The number of carbonyl (C=O) groups excluding carboxylic acids is 5. The fourth-order valence-electron chi connectivity index (χ4n) is 5.05. The second kappa shape index (κ2) is 8.40. The van der Waals surface area contributed by atoms with E-state index in [1.165, 1.54) is 0 Å². The Bertz CT molecular complexity index is 1210. The van der Waals surface area contributed by atoms with Crippen LogP contribution in [0.4, 0.5) is 5.69 Å². The van der Waals surface area contributed by atoms with Crippen LogP contribution in [0, 0.1) is 0 Å². The molecule has 3 aliphatic rings. The average molecular weight is 460 g/mol. The zero-order valence-electron chi connectivity index (χ0n) is 18.5. The van der Waals surface area contributed by atoms with Crippen LogP contribution in [-0.4, -0.2) is 53.6 Å². The lowest BCUT2D eigenvalue weighted by Gasteiger charge is -2.34. The number of nitrogens with zero attached hydrogens (tertiary/aromatic N) is 2. The van der Waals surface area contributed by atoms with E-state index in [9.17, 15) is 24.0 Å². The van der Waals surface area contributed by atoms with Crippen molar-refractivity contribution in [2.45, 2.75) is 37.6 Å². The van der Waals surface area contributed by atoms with Gasteiger partial charge in [-0.05, 0) is 67.1 Å². The third-order valence-corrected chi connectivity index (χ3v) is 6.95. The summed E-state index contributed by atoms with van der Waals surface area (Å²) in [6.45, 7) is 1.62. The maximum Gasteiger partial charge on any atom is 0.262 e. The van der Waals surface area contributed by atoms with Crippen molar-refractivity contribution in [2.24, 2.45) is 5.73 Å². The number of imide groups is 2. The summed E-state index contributed by atoms with van der Waals surface area (Å²) in [7, 11) is 0. The Morgan fingerprint density at radius 1 is 0.882 bits per heavy atom. The number of carbonyl (C=O) groups is 5. The Morgan fingerprint density at radius 2 is 1.56 bits per heavy atom. The lowest BCUT2D eigenvalue weighted by Crippen LogP contribution is -2.54. The molecule has 2 fully saturated rings. The van der Waals surface area contributed by atoms with E-state index in [0.29, 0.717) is 16.7 Å². The normalized spacial score (nSPS) is 21.0. The quantitative estimate of drug-likeness (QED) is 0.666. The van der Waals surface area contributed by atoms with Crippen molar-refractivity contribution < 1.29 is 24.0 Å². The molecule has 34 heavy (non-hydrogen) atoms. The molecule has 2 aromatic rings. The van der Waals surface area contributed by atoms with Crippen LogP contribution in [0.1, 0.15) is 68.2 Å². The first-order valence-corrected chi connectivity index (χ1v) is 11.3. The van der Waals surface area contributed by atoms with Gasteiger partial charge >= 0.3 is 0 Å². The highest BCUT2D eigenvalue weighted by Crippen LogP contribution is 2.34. The second-order valence-corrected chi connectivity index (χ2v) is 8.92. The largest absolute Gasteiger partial charge is 0.371 e. The van der Waals surface area contributed by atoms with Gasteiger partial charge in [0.05, 0.1) is 11.1 Å². The molecule has 174 valence electrons. The van der Waals surface area contributed by atoms with Crippen LogP contribution < -0.4 is 16.0 Å². The van der Waals surface area contributed by atoms with Crippen molar-refractivity contribution in [3.63, 3.8) is 0 Å². The van der Waals surface area contributed by atoms with Crippen molar-refractivity contribution in [2.75, 3.05) is 18.0 Å². The first kappa shape index (κ1) is 21.8. The highest BCUT2D eigenvalue weighted by molar-refractivity contribution is 6.23. The van der Waals surface area contributed by atoms with Crippen molar-refractivity contribution in [3.8, 4) is 0 Å². The molecule has 0 aromatic heterocycles. The van der Waals surface area contributed by atoms with Crippen molar-refractivity contribution in [1.82, 2.24) is 10.2 Å². The van der Waals surface area contributed by atoms with Gasteiger partial charge in [0.2, 0.25) is 17.7 Å². The summed E-state index contributed by atoms with van der Waals surface area (Å²) in [5.41, 5.74) is 8.42. The number of rotatable bonds is 4. The van der Waals surface area contributed by atoms with Gasteiger partial charge in [-0.1, -0.05) is 6.07 Å².